The molecule has 1 aromatic heterocycles. The van der Waals surface area contributed by atoms with Crippen LogP contribution in [0, 0.1) is 6.92 Å². The number of rotatable bonds is 3. The highest BCUT2D eigenvalue weighted by atomic mass is 35.5. The fraction of sp³-hybridized carbons (Fsp3) is 0.0435. The Kier molecular flexibility index (Phi) is 4.72. The average molecular weight is 389 g/mol. The Morgan fingerprint density at radius 3 is 2.39 bits per heavy atom. The van der Waals surface area contributed by atoms with Crippen LogP contribution in [0.1, 0.15) is 11.1 Å². The zero-order chi connectivity index (χ0) is 19.7. The summed E-state index contributed by atoms with van der Waals surface area (Å²) in [5.74, 6) is -0.179. The quantitative estimate of drug-likeness (QED) is 0.477. The summed E-state index contributed by atoms with van der Waals surface area (Å²) in [6.07, 6.45) is 1.59. The van der Waals surface area contributed by atoms with Gasteiger partial charge in [-0.25, -0.2) is 4.57 Å². The van der Waals surface area contributed by atoms with E-state index in [4.69, 9.17) is 11.6 Å². The molecule has 0 saturated carbocycles. The van der Waals surface area contributed by atoms with Gasteiger partial charge in [-0.2, -0.15) is 0 Å². The van der Waals surface area contributed by atoms with Crippen LogP contribution < -0.4 is 5.56 Å². The third-order valence-corrected chi connectivity index (χ3v) is 4.78. The van der Waals surface area contributed by atoms with Gasteiger partial charge in [0.25, 0.3) is 5.56 Å². The molecule has 0 atom stereocenters. The zero-order valence-corrected chi connectivity index (χ0v) is 15.9. The van der Waals surface area contributed by atoms with Gasteiger partial charge in [-0.05, 0) is 43.3 Å². The van der Waals surface area contributed by atoms with Gasteiger partial charge in [-0.3, -0.25) is 9.79 Å². The van der Waals surface area contributed by atoms with Gasteiger partial charge in [0, 0.05) is 22.0 Å². The molecule has 5 heteroatoms. The number of pyridine rings is 1. The molecule has 4 nitrogen and oxygen atoms in total. The first-order valence-corrected chi connectivity index (χ1v) is 9.16. The van der Waals surface area contributed by atoms with E-state index in [2.05, 4.69) is 4.99 Å². The number of benzene rings is 3. The van der Waals surface area contributed by atoms with E-state index in [9.17, 15) is 9.90 Å². The molecule has 0 aliphatic heterocycles. The summed E-state index contributed by atoms with van der Waals surface area (Å²) in [6, 6.07) is 21.7. The van der Waals surface area contributed by atoms with Crippen molar-refractivity contribution in [2.75, 3.05) is 0 Å². The summed E-state index contributed by atoms with van der Waals surface area (Å²) in [6.45, 7) is 2.01. The summed E-state index contributed by atoms with van der Waals surface area (Å²) in [7, 11) is 0. The third kappa shape index (κ3) is 3.30. The van der Waals surface area contributed by atoms with E-state index in [-0.39, 0.29) is 11.4 Å². The number of halogens is 1. The summed E-state index contributed by atoms with van der Waals surface area (Å²) in [5.41, 5.74) is 2.54. The molecule has 4 aromatic rings. The molecule has 0 fully saturated rings. The van der Waals surface area contributed by atoms with Gasteiger partial charge in [-0.1, -0.05) is 53.6 Å². The molecule has 0 amide bonds. The molecule has 0 spiro atoms. The minimum Gasteiger partial charge on any atom is -0.494 e. The van der Waals surface area contributed by atoms with Crippen LogP contribution in [0.4, 0.5) is 5.69 Å². The smallest absolute Gasteiger partial charge is 0.265 e. The fourth-order valence-electron chi connectivity index (χ4n) is 3.11. The minimum absolute atomic E-state index is 0.179. The molecule has 0 bridgehead atoms. The van der Waals surface area contributed by atoms with E-state index in [0.29, 0.717) is 27.0 Å². The largest absolute Gasteiger partial charge is 0.494 e. The Morgan fingerprint density at radius 1 is 0.964 bits per heavy atom. The first-order chi connectivity index (χ1) is 13.5. The Hall–Kier alpha value is -3.37. The highest BCUT2D eigenvalue weighted by Gasteiger charge is 2.16. The topological polar surface area (TPSA) is 54.6 Å². The molecule has 28 heavy (non-hydrogen) atoms. The molecule has 0 aliphatic carbocycles. The van der Waals surface area contributed by atoms with Crippen molar-refractivity contribution in [3.05, 3.63) is 99.3 Å². The van der Waals surface area contributed by atoms with Gasteiger partial charge < -0.3 is 5.11 Å². The lowest BCUT2D eigenvalue weighted by Crippen LogP contribution is -2.20. The molecule has 0 saturated heterocycles. The molecule has 138 valence electrons. The van der Waals surface area contributed by atoms with Crippen LogP contribution in [0.2, 0.25) is 5.02 Å². The van der Waals surface area contributed by atoms with Crippen molar-refractivity contribution in [1.29, 1.82) is 0 Å². The highest BCUT2D eigenvalue weighted by molar-refractivity contribution is 6.30. The average Bonchev–Trinajstić information content (AvgIpc) is 2.69. The van der Waals surface area contributed by atoms with Crippen LogP contribution in [-0.4, -0.2) is 15.9 Å². The predicted octanol–water partition coefficient (Wildman–Crippen LogP) is 5.41. The van der Waals surface area contributed by atoms with Crippen LogP contribution in [0.25, 0.3) is 16.5 Å². The molecule has 4 rings (SSSR count). The van der Waals surface area contributed by atoms with Crippen molar-refractivity contribution in [3.8, 4) is 11.6 Å². The monoisotopic (exact) mass is 388 g/mol. The molecule has 0 radical (unpaired) electrons. The van der Waals surface area contributed by atoms with Gasteiger partial charge in [-0.15, -0.1) is 0 Å². The normalized spacial score (nSPS) is 11.4. The van der Waals surface area contributed by atoms with Crippen molar-refractivity contribution < 1.29 is 5.11 Å². The second-order valence-corrected chi connectivity index (χ2v) is 6.93. The molecule has 1 heterocycles. The van der Waals surface area contributed by atoms with Gasteiger partial charge in [0.1, 0.15) is 0 Å². The summed E-state index contributed by atoms with van der Waals surface area (Å²) >= 11 is 6.09. The maximum Gasteiger partial charge on any atom is 0.265 e. The van der Waals surface area contributed by atoms with Gasteiger partial charge in [0.15, 0.2) is 0 Å². The van der Waals surface area contributed by atoms with E-state index in [1.807, 2.05) is 37.3 Å². The fourth-order valence-corrected chi connectivity index (χ4v) is 3.30. The number of aromatic nitrogens is 1. The van der Waals surface area contributed by atoms with E-state index < -0.39 is 0 Å². The third-order valence-electron chi connectivity index (χ3n) is 4.55. The Morgan fingerprint density at radius 2 is 1.68 bits per heavy atom. The van der Waals surface area contributed by atoms with Crippen LogP contribution >= 0.6 is 11.6 Å². The molecule has 0 aliphatic rings. The van der Waals surface area contributed by atoms with Crippen molar-refractivity contribution in [1.82, 2.24) is 4.57 Å². The molecule has 1 N–H and O–H groups in total. The van der Waals surface area contributed by atoms with Crippen LogP contribution in [0.15, 0.2) is 82.6 Å². The van der Waals surface area contributed by atoms with Crippen LogP contribution in [0.5, 0.6) is 5.88 Å². The number of hydrogen-bond acceptors (Lipinski definition) is 3. The molecular formula is C23H17ClN2O2. The summed E-state index contributed by atoms with van der Waals surface area (Å²) < 4.78 is 1.25. The molecular weight excluding hydrogens is 372 g/mol. The number of fused-ring (bicyclic) bond motifs is 1. The summed E-state index contributed by atoms with van der Waals surface area (Å²) in [5, 5.41) is 12.6. The van der Waals surface area contributed by atoms with Crippen molar-refractivity contribution in [2.45, 2.75) is 6.92 Å². The van der Waals surface area contributed by atoms with Crippen LogP contribution in [0.3, 0.4) is 0 Å². The second kappa shape index (κ2) is 7.33. The zero-order valence-electron chi connectivity index (χ0n) is 15.1. The lowest BCUT2D eigenvalue weighted by atomic mass is 10.1. The highest BCUT2D eigenvalue weighted by Crippen LogP contribution is 2.27. The predicted molar refractivity (Wildman–Crippen MR) is 115 cm³/mol. The standard InChI is InChI=1S/C23H17ClN2O2/c1-15-9-11-17(12-10-15)25-14-21-19-7-2-3-8-20(19)22(27)26(23(21)28)18-6-4-5-16(24)13-18/h2-14,28H,1H3. The second-order valence-electron chi connectivity index (χ2n) is 6.50. The molecule has 3 aromatic carbocycles. The number of aliphatic imine (C=N–C) groups is 1. The first kappa shape index (κ1) is 18.0. The SMILES string of the molecule is Cc1ccc(N=Cc2c(O)n(-c3cccc(Cl)c3)c(=O)c3ccccc23)cc1. The Bertz CT molecular complexity index is 1260. The maximum atomic E-state index is 13.0. The maximum absolute atomic E-state index is 13.0. The first-order valence-electron chi connectivity index (χ1n) is 8.78. The van der Waals surface area contributed by atoms with Crippen molar-refractivity contribution in [2.24, 2.45) is 4.99 Å². The van der Waals surface area contributed by atoms with Crippen molar-refractivity contribution in [3.63, 3.8) is 0 Å². The minimum atomic E-state index is -0.317. The Balaban J connectivity index is 1.97. The number of hydrogen-bond donors (Lipinski definition) is 1. The number of nitrogens with zero attached hydrogens (tertiary/aromatic N) is 2. The summed E-state index contributed by atoms with van der Waals surface area (Å²) in [4.78, 5) is 17.5. The number of aryl methyl sites for hydroxylation is 1. The van der Waals surface area contributed by atoms with E-state index in [0.717, 1.165) is 11.3 Å². The van der Waals surface area contributed by atoms with Crippen LogP contribution in [-0.2, 0) is 0 Å². The van der Waals surface area contributed by atoms with Gasteiger partial charge in [0.05, 0.1) is 16.9 Å². The Labute approximate surface area is 167 Å². The van der Waals surface area contributed by atoms with E-state index >= 15 is 0 Å². The van der Waals surface area contributed by atoms with Gasteiger partial charge >= 0.3 is 0 Å². The number of aromatic hydroxyl groups is 1. The lowest BCUT2D eigenvalue weighted by Gasteiger charge is -2.14. The van der Waals surface area contributed by atoms with E-state index in [1.165, 1.54) is 4.57 Å². The van der Waals surface area contributed by atoms with Gasteiger partial charge in [0.2, 0.25) is 5.88 Å². The molecule has 0 unspecified atom stereocenters. The van der Waals surface area contributed by atoms with E-state index in [1.54, 1.807) is 48.7 Å². The lowest BCUT2D eigenvalue weighted by molar-refractivity contribution is 0.436. The van der Waals surface area contributed by atoms with Crippen molar-refractivity contribution >= 4 is 34.3 Å².